The molecule has 4 rings (SSSR count). The average Bonchev–Trinajstić information content (AvgIpc) is 3.25. The molecule has 0 amide bonds. The first-order valence-electron chi connectivity index (χ1n) is 7.15. The van der Waals surface area contributed by atoms with Crippen LogP contribution < -0.4 is 5.32 Å². The highest BCUT2D eigenvalue weighted by Crippen LogP contribution is 2.34. The summed E-state index contributed by atoms with van der Waals surface area (Å²) in [6.07, 6.45) is 3.01. The van der Waals surface area contributed by atoms with Gasteiger partial charge in [0.15, 0.2) is 6.33 Å². The Balaban J connectivity index is 1.58. The maximum Gasteiger partial charge on any atom is 0.162 e. The second-order valence-electron chi connectivity index (χ2n) is 4.88. The second kappa shape index (κ2) is 6.09. The Bertz CT molecular complexity index is 902. The van der Waals surface area contributed by atoms with E-state index in [9.17, 15) is 0 Å². The van der Waals surface area contributed by atoms with Gasteiger partial charge in [-0.3, -0.25) is 0 Å². The van der Waals surface area contributed by atoms with Gasteiger partial charge < -0.3 is 5.32 Å². The highest BCUT2D eigenvalue weighted by Gasteiger charge is 2.09. The lowest BCUT2D eigenvalue weighted by Gasteiger charge is -2.05. The van der Waals surface area contributed by atoms with Gasteiger partial charge in [-0.25, -0.2) is 9.97 Å². The molecule has 3 heterocycles. The molecular formula is C15H13N7S. The lowest BCUT2D eigenvalue weighted by Crippen LogP contribution is -2.13. The van der Waals surface area contributed by atoms with E-state index in [1.165, 1.54) is 21.6 Å². The summed E-state index contributed by atoms with van der Waals surface area (Å²) in [5.74, 6) is 0.827. The predicted molar refractivity (Wildman–Crippen MR) is 89.2 cm³/mol. The van der Waals surface area contributed by atoms with Gasteiger partial charge in [0.25, 0.3) is 0 Å². The van der Waals surface area contributed by atoms with Crippen molar-refractivity contribution in [1.82, 2.24) is 30.2 Å². The minimum Gasteiger partial charge on any atom is -0.367 e. The molecule has 0 unspecified atom stereocenters. The number of anilines is 1. The largest absolute Gasteiger partial charge is 0.367 e. The Morgan fingerprint density at radius 3 is 2.83 bits per heavy atom. The maximum absolute atomic E-state index is 4.37. The van der Waals surface area contributed by atoms with E-state index >= 15 is 0 Å². The van der Waals surface area contributed by atoms with Crippen molar-refractivity contribution in [2.45, 2.75) is 6.54 Å². The Kier molecular flexibility index (Phi) is 3.65. The molecule has 0 aliphatic heterocycles. The first-order chi connectivity index (χ1) is 11.4. The van der Waals surface area contributed by atoms with Crippen molar-refractivity contribution < 1.29 is 0 Å². The molecule has 0 radical (unpaired) electrons. The number of thiophene rings is 1. The van der Waals surface area contributed by atoms with Gasteiger partial charge in [-0.1, -0.05) is 30.3 Å². The summed E-state index contributed by atoms with van der Waals surface area (Å²) in [5.41, 5.74) is 1.19. The standard InChI is InChI=1S/C15H13N7S/c1-2-4-11(5-3-1)13-8-12-14(17-9-18-15(12)23-13)16-6-7-22-20-10-19-21-22/h1-5,8-10H,6-7H2,(H,16,17,18). The van der Waals surface area contributed by atoms with Gasteiger partial charge in [-0.05, 0) is 16.8 Å². The first kappa shape index (κ1) is 13.8. The smallest absolute Gasteiger partial charge is 0.162 e. The van der Waals surface area contributed by atoms with Crippen molar-refractivity contribution >= 4 is 27.4 Å². The summed E-state index contributed by atoms with van der Waals surface area (Å²) in [4.78, 5) is 12.4. The van der Waals surface area contributed by atoms with Crippen LogP contribution in [0.2, 0.25) is 0 Å². The molecule has 23 heavy (non-hydrogen) atoms. The number of rotatable bonds is 5. The first-order valence-corrected chi connectivity index (χ1v) is 7.96. The molecule has 1 aromatic carbocycles. The molecule has 0 saturated heterocycles. The van der Waals surface area contributed by atoms with Gasteiger partial charge in [-0.2, -0.15) is 4.80 Å². The van der Waals surface area contributed by atoms with Crippen LogP contribution in [-0.2, 0) is 6.54 Å². The third-order valence-electron chi connectivity index (χ3n) is 3.38. The van der Waals surface area contributed by atoms with Crippen LogP contribution in [0.1, 0.15) is 0 Å². The van der Waals surface area contributed by atoms with Crippen LogP contribution in [-0.4, -0.2) is 36.7 Å². The molecular weight excluding hydrogens is 310 g/mol. The Morgan fingerprint density at radius 1 is 1.09 bits per heavy atom. The van der Waals surface area contributed by atoms with Crippen LogP contribution in [0, 0.1) is 0 Å². The third kappa shape index (κ3) is 2.88. The normalized spacial score (nSPS) is 11.0. The molecule has 0 bridgehead atoms. The van der Waals surface area contributed by atoms with Crippen molar-refractivity contribution in [3.05, 3.63) is 49.1 Å². The lowest BCUT2D eigenvalue weighted by molar-refractivity contribution is 0.538. The van der Waals surface area contributed by atoms with E-state index in [2.05, 4.69) is 48.9 Å². The fourth-order valence-corrected chi connectivity index (χ4v) is 3.31. The van der Waals surface area contributed by atoms with E-state index in [4.69, 9.17) is 0 Å². The summed E-state index contributed by atoms with van der Waals surface area (Å²) in [6, 6.07) is 12.4. The van der Waals surface area contributed by atoms with E-state index in [-0.39, 0.29) is 0 Å². The maximum atomic E-state index is 4.37. The Morgan fingerprint density at radius 2 is 2.00 bits per heavy atom. The van der Waals surface area contributed by atoms with E-state index in [0.717, 1.165) is 16.0 Å². The summed E-state index contributed by atoms with van der Waals surface area (Å²) in [7, 11) is 0. The quantitative estimate of drug-likeness (QED) is 0.607. The van der Waals surface area contributed by atoms with Crippen molar-refractivity contribution in [3.8, 4) is 10.4 Å². The van der Waals surface area contributed by atoms with Gasteiger partial charge in [0.1, 0.15) is 17.0 Å². The molecule has 4 aromatic rings. The van der Waals surface area contributed by atoms with E-state index in [1.54, 1.807) is 17.7 Å². The molecule has 0 spiro atoms. The topological polar surface area (TPSA) is 81.4 Å². The average molecular weight is 323 g/mol. The zero-order chi connectivity index (χ0) is 15.5. The Labute approximate surface area is 136 Å². The fraction of sp³-hybridized carbons (Fsp3) is 0.133. The number of tetrazole rings is 1. The van der Waals surface area contributed by atoms with Gasteiger partial charge in [0.05, 0.1) is 11.9 Å². The number of hydrogen-bond donors (Lipinski definition) is 1. The summed E-state index contributed by atoms with van der Waals surface area (Å²) >= 11 is 1.66. The molecule has 0 aliphatic carbocycles. The van der Waals surface area contributed by atoms with Crippen molar-refractivity contribution in [3.63, 3.8) is 0 Å². The van der Waals surface area contributed by atoms with Gasteiger partial charge >= 0.3 is 0 Å². The second-order valence-corrected chi connectivity index (χ2v) is 5.91. The summed E-state index contributed by atoms with van der Waals surface area (Å²) in [5, 5.41) is 15.8. The molecule has 0 fully saturated rings. The highest BCUT2D eigenvalue weighted by molar-refractivity contribution is 7.21. The predicted octanol–water partition coefficient (Wildman–Crippen LogP) is 2.46. The molecule has 0 aliphatic rings. The number of benzene rings is 1. The zero-order valence-electron chi connectivity index (χ0n) is 12.1. The van der Waals surface area contributed by atoms with E-state index in [0.29, 0.717) is 13.1 Å². The molecule has 0 atom stereocenters. The van der Waals surface area contributed by atoms with Crippen molar-refractivity contribution in [1.29, 1.82) is 0 Å². The molecule has 1 N–H and O–H groups in total. The van der Waals surface area contributed by atoms with Crippen LogP contribution in [0.3, 0.4) is 0 Å². The number of hydrogen-bond acceptors (Lipinski definition) is 7. The number of aromatic nitrogens is 6. The zero-order valence-corrected chi connectivity index (χ0v) is 12.9. The van der Waals surface area contributed by atoms with Gasteiger partial charge in [-0.15, -0.1) is 21.5 Å². The van der Waals surface area contributed by atoms with E-state index in [1.807, 2.05) is 18.2 Å². The SMILES string of the molecule is c1ccc(-c2cc3c(NCCn4ncnn4)ncnc3s2)cc1. The van der Waals surface area contributed by atoms with Crippen molar-refractivity contribution in [2.24, 2.45) is 0 Å². The van der Waals surface area contributed by atoms with Gasteiger partial charge in [0, 0.05) is 11.4 Å². The number of nitrogens with one attached hydrogen (secondary N) is 1. The molecule has 114 valence electrons. The Hall–Kier alpha value is -2.87. The van der Waals surface area contributed by atoms with Crippen LogP contribution >= 0.6 is 11.3 Å². The van der Waals surface area contributed by atoms with E-state index < -0.39 is 0 Å². The highest BCUT2D eigenvalue weighted by atomic mass is 32.1. The number of fused-ring (bicyclic) bond motifs is 1. The van der Waals surface area contributed by atoms with Crippen LogP contribution in [0.4, 0.5) is 5.82 Å². The third-order valence-corrected chi connectivity index (χ3v) is 4.48. The molecule has 7 nitrogen and oxygen atoms in total. The van der Waals surface area contributed by atoms with Gasteiger partial charge in [0.2, 0.25) is 0 Å². The fourth-order valence-electron chi connectivity index (χ4n) is 2.31. The lowest BCUT2D eigenvalue weighted by atomic mass is 10.2. The molecule has 0 saturated carbocycles. The van der Waals surface area contributed by atoms with Crippen LogP contribution in [0.5, 0.6) is 0 Å². The minimum absolute atomic E-state index is 0.626. The minimum atomic E-state index is 0.626. The van der Waals surface area contributed by atoms with Crippen LogP contribution in [0.15, 0.2) is 49.1 Å². The summed E-state index contributed by atoms with van der Waals surface area (Å²) < 4.78 is 0. The van der Waals surface area contributed by atoms with Crippen molar-refractivity contribution in [2.75, 3.05) is 11.9 Å². The monoisotopic (exact) mass is 323 g/mol. The van der Waals surface area contributed by atoms with Crippen LogP contribution in [0.25, 0.3) is 20.7 Å². The molecule has 8 heteroatoms. The molecule has 3 aromatic heterocycles. The number of nitrogens with zero attached hydrogens (tertiary/aromatic N) is 6. The summed E-state index contributed by atoms with van der Waals surface area (Å²) in [6.45, 7) is 1.29.